The van der Waals surface area contributed by atoms with Gasteiger partial charge in [0.05, 0.1) is 0 Å². The Hall–Kier alpha value is -0.0800. The quantitative estimate of drug-likeness (QED) is 0.649. The predicted molar refractivity (Wildman–Crippen MR) is 64.7 cm³/mol. The third-order valence-electron chi connectivity index (χ3n) is 2.21. The van der Waals surface area contributed by atoms with Crippen LogP contribution in [0, 0.1) is 5.41 Å². The number of hydrogen-bond acceptors (Lipinski definition) is 2. The van der Waals surface area contributed by atoms with E-state index in [4.69, 9.17) is 0 Å². The van der Waals surface area contributed by atoms with Gasteiger partial charge in [-0.05, 0) is 32.5 Å². The molecule has 0 spiro atoms. The van der Waals surface area contributed by atoms with E-state index in [2.05, 4.69) is 51.6 Å². The van der Waals surface area contributed by atoms with Gasteiger partial charge in [0.15, 0.2) is 0 Å². The fourth-order valence-electron chi connectivity index (χ4n) is 1.72. The summed E-state index contributed by atoms with van der Waals surface area (Å²) in [6.07, 6.45) is 1.25. The summed E-state index contributed by atoms with van der Waals surface area (Å²) in [6, 6.07) is 0. The molecule has 14 heavy (non-hydrogen) atoms. The van der Waals surface area contributed by atoms with E-state index in [0.29, 0.717) is 5.41 Å². The summed E-state index contributed by atoms with van der Waals surface area (Å²) in [5.74, 6) is 0. The molecule has 0 radical (unpaired) electrons. The van der Waals surface area contributed by atoms with Crippen LogP contribution in [-0.2, 0) is 0 Å². The zero-order valence-electron chi connectivity index (χ0n) is 10.9. The van der Waals surface area contributed by atoms with Crippen molar-refractivity contribution in [3.05, 3.63) is 0 Å². The van der Waals surface area contributed by atoms with E-state index in [0.717, 1.165) is 0 Å². The van der Waals surface area contributed by atoms with Crippen LogP contribution >= 0.6 is 0 Å². The van der Waals surface area contributed by atoms with Gasteiger partial charge in [-0.3, -0.25) is 0 Å². The molecule has 0 aliphatic carbocycles. The first kappa shape index (κ1) is 13.9. The van der Waals surface area contributed by atoms with E-state index < -0.39 is 0 Å². The SMILES string of the molecule is CCCN(C)CCN(C)CC(C)(C)C. The van der Waals surface area contributed by atoms with Crippen LogP contribution in [0.5, 0.6) is 0 Å². The van der Waals surface area contributed by atoms with Crippen molar-refractivity contribution in [3.8, 4) is 0 Å². The van der Waals surface area contributed by atoms with Gasteiger partial charge in [-0.25, -0.2) is 0 Å². The summed E-state index contributed by atoms with van der Waals surface area (Å²) in [4.78, 5) is 4.82. The van der Waals surface area contributed by atoms with Crippen molar-refractivity contribution >= 4 is 0 Å². The fraction of sp³-hybridized carbons (Fsp3) is 1.00. The highest BCUT2D eigenvalue weighted by Crippen LogP contribution is 2.13. The molecule has 0 heterocycles. The molecule has 2 heteroatoms. The molecule has 86 valence electrons. The van der Waals surface area contributed by atoms with Gasteiger partial charge in [0.1, 0.15) is 0 Å². The Labute approximate surface area is 90.3 Å². The highest BCUT2D eigenvalue weighted by Gasteiger charge is 2.13. The second-order valence-electron chi connectivity index (χ2n) is 5.60. The van der Waals surface area contributed by atoms with Crippen molar-refractivity contribution in [2.75, 3.05) is 40.3 Å². The summed E-state index contributed by atoms with van der Waals surface area (Å²) in [6.45, 7) is 13.8. The maximum Gasteiger partial charge on any atom is 0.0106 e. The van der Waals surface area contributed by atoms with Gasteiger partial charge in [0.2, 0.25) is 0 Å². The van der Waals surface area contributed by atoms with E-state index in [-0.39, 0.29) is 0 Å². The van der Waals surface area contributed by atoms with Crippen LogP contribution in [0.3, 0.4) is 0 Å². The molecule has 0 bridgehead atoms. The van der Waals surface area contributed by atoms with Gasteiger partial charge in [0.25, 0.3) is 0 Å². The van der Waals surface area contributed by atoms with E-state index >= 15 is 0 Å². The lowest BCUT2D eigenvalue weighted by atomic mass is 9.96. The van der Waals surface area contributed by atoms with Gasteiger partial charge in [-0.1, -0.05) is 27.7 Å². The van der Waals surface area contributed by atoms with Crippen LogP contribution in [0.4, 0.5) is 0 Å². The summed E-state index contributed by atoms with van der Waals surface area (Å²) < 4.78 is 0. The lowest BCUT2D eigenvalue weighted by molar-refractivity contribution is 0.200. The van der Waals surface area contributed by atoms with Gasteiger partial charge >= 0.3 is 0 Å². The molecule has 0 amide bonds. The summed E-state index contributed by atoms with van der Waals surface area (Å²) >= 11 is 0. The Kier molecular flexibility index (Phi) is 6.38. The smallest absolute Gasteiger partial charge is 0.0106 e. The van der Waals surface area contributed by atoms with Crippen molar-refractivity contribution in [1.29, 1.82) is 0 Å². The number of nitrogens with zero attached hydrogens (tertiary/aromatic N) is 2. The number of hydrogen-bond donors (Lipinski definition) is 0. The first-order valence-electron chi connectivity index (χ1n) is 5.72. The van der Waals surface area contributed by atoms with Crippen LogP contribution in [-0.4, -0.2) is 50.1 Å². The monoisotopic (exact) mass is 200 g/mol. The van der Waals surface area contributed by atoms with Gasteiger partial charge in [-0.2, -0.15) is 0 Å². The lowest BCUT2D eigenvalue weighted by Gasteiger charge is -2.28. The second kappa shape index (κ2) is 6.41. The number of rotatable bonds is 6. The van der Waals surface area contributed by atoms with Crippen LogP contribution in [0.25, 0.3) is 0 Å². The largest absolute Gasteiger partial charge is 0.305 e. The van der Waals surface area contributed by atoms with Crippen LogP contribution in [0.1, 0.15) is 34.1 Å². The minimum absolute atomic E-state index is 0.415. The average Bonchev–Trinajstić information content (AvgIpc) is 1.98. The molecule has 0 saturated heterocycles. The minimum Gasteiger partial charge on any atom is -0.305 e. The zero-order chi connectivity index (χ0) is 11.2. The molecular formula is C12H28N2. The molecule has 2 nitrogen and oxygen atoms in total. The maximum absolute atomic E-state index is 2.42. The molecule has 0 rings (SSSR count). The summed E-state index contributed by atoms with van der Waals surface area (Å²) in [5, 5.41) is 0. The van der Waals surface area contributed by atoms with Crippen molar-refractivity contribution in [2.24, 2.45) is 5.41 Å². The Morgan fingerprint density at radius 1 is 0.857 bits per heavy atom. The molecule has 0 aliphatic heterocycles. The molecule has 0 aromatic carbocycles. The van der Waals surface area contributed by atoms with Crippen molar-refractivity contribution < 1.29 is 0 Å². The molecule has 0 aromatic heterocycles. The fourth-order valence-corrected chi connectivity index (χ4v) is 1.72. The third-order valence-corrected chi connectivity index (χ3v) is 2.21. The summed E-state index contributed by atoms with van der Waals surface area (Å²) in [5.41, 5.74) is 0.415. The molecular weight excluding hydrogens is 172 g/mol. The molecule has 0 unspecified atom stereocenters. The van der Waals surface area contributed by atoms with E-state index in [1.807, 2.05) is 0 Å². The first-order valence-corrected chi connectivity index (χ1v) is 5.72. The number of likely N-dealkylation sites (N-methyl/N-ethyl adjacent to an activating group) is 2. The Morgan fingerprint density at radius 3 is 1.79 bits per heavy atom. The van der Waals surface area contributed by atoms with E-state index in [1.165, 1.54) is 32.6 Å². The van der Waals surface area contributed by atoms with Crippen molar-refractivity contribution in [2.45, 2.75) is 34.1 Å². The molecule has 0 atom stereocenters. The van der Waals surface area contributed by atoms with Crippen LogP contribution in [0.2, 0.25) is 0 Å². The van der Waals surface area contributed by atoms with Gasteiger partial charge in [0, 0.05) is 19.6 Å². The average molecular weight is 200 g/mol. The third kappa shape index (κ3) is 8.52. The van der Waals surface area contributed by atoms with E-state index in [9.17, 15) is 0 Å². The first-order chi connectivity index (χ1) is 6.35. The Morgan fingerprint density at radius 2 is 1.36 bits per heavy atom. The molecule has 0 N–H and O–H groups in total. The van der Waals surface area contributed by atoms with Crippen molar-refractivity contribution in [1.82, 2.24) is 9.80 Å². The van der Waals surface area contributed by atoms with Crippen LogP contribution < -0.4 is 0 Å². The second-order valence-corrected chi connectivity index (χ2v) is 5.60. The van der Waals surface area contributed by atoms with Crippen LogP contribution in [0.15, 0.2) is 0 Å². The predicted octanol–water partition coefficient (Wildman–Crippen LogP) is 2.31. The van der Waals surface area contributed by atoms with Crippen molar-refractivity contribution in [3.63, 3.8) is 0 Å². The molecule has 0 fully saturated rings. The maximum atomic E-state index is 2.42. The highest BCUT2D eigenvalue weighted by molar-refractivity contribution is 4.67. The standard InChI is InChI=1S/C12H28N2/c1-7-8-13(5)9-10-14(6)11-12(2,3)4/h7-11H2,1-6H3. The Balaban J connectivity index is 3.58. The zero-order valence-corrected chi connectivity index (χ0v) is 10.9. The Bertz CT molecular complexity index is 138. The highest BCUT2D eigenvalue weighted by atomic mass is 15.2. The van der Waals surface area contributed by atoms with Gasteiger partial charge in [-0.15, -0.1) is 0 Å². The minimum atomic E-state index is 0.415. The van der Waals surface area contributed by atoms with E-state index in [1.54, 1.807) is 0 Å². The molecule has 0 aliphatic rings. The molecule has 0 aromatic rings. The topological polar surface area (TPSA) is 6.48 Å². The normalized spacial score (nSPS) is 12.9. The molecule has 0 saturated carbocycles. The summed E-state index contributed by atoms with van der Waals surface area (Å²) in [7, 11) is 4.42. The lowest BCUT2D eigenvalue weighted by Crippen LogP contribution is -2.35. The van der Waals surface area contributed by atoms with Gasteiger partial charge < -0.3 is 9.80 Å².